The summed E-state index contributed by atoms with van der Waals surface area (Å²) < 4.78 is 33.1. The van der Waals surface area contributed by atoms with Gasteiger partial charge >= 0.3 is 11.9 Å². The van der Waals surface area contributed by atoms with Crippen molar-refractivity contribution in [3.63, 3.8) is 0 Å². The van der Waals surface area contributed by atoms with E-state index in [0.29, 0.717) is 12.8 Å². The molecule has 7 N–H and O–H groups in total. The van der Waals surface area contributed by atoms with Crippen LogP contribution in [-0.2, 0) is 38.0 Å². The first kappa shape index (κ1) is 49.6. The zero-order chi connectivity index (χ0) is 40.4. The molecule has 324 valence electrons. The van der Waals surface area contributed by atoms with Gasteiger partial charge in [0.2, 0.25) is 0 Å². The molecule has 0 aromatic carbocycles. The Morgan fingerprint density at radius 2 is 0.927 bits per heavy atom. The van der Waals surface area contributed by atoms with Crippen molar-refractivity contribution in [2.45, 2.75) is 216 Å². The van der Waals surface area contributed by atoms with E-state index in [9.17, 15) is 45.3 Å². The van der Waals surface area contributed by atoms with E-state index in [1.54, 1.807) is 0 Å². The van der Waals surface area contributed by atoms with Crippen LogP contribution in [-0.4, -0.2) is 142 Å². The lowest BCUT2D eigenvalue weighted by atomic mass is 9.98. The van der Waals surface area contributed by atoms with Crippen molar-refractivity contribution in [1.29, 1.82) is 0 Å². The minimum absolute atomic E-state index is 0.171. The van der Waals surface area contributed by atoms with Crippen molar-refractivity contribution in [2.24, 2.45) is 0 Å². The van der Waals surface area contributed by atoms with Crippen molar-refractivity contribution in [2.75, 3.05) is 26.4 Å². The molecule has 0 aromatic rings. The number of aliphatic hydroxyl groups is 7. The highest BCUT2D eigenvalue weighted by atomic mass is 16.7. The summed E-state index contributed by atoms with van der Waals surface area (Å²) in [7, 11) is 0. The Labute approximate surface area is 328 Å². The highest BCUT2D eigenvalue weighted by Crippen LogP contribution is 2.26. The Hall–Kier alpha value is -1.50. The van der Waals surface area contributed by atoms with Crippen LogP contribution in [0.3, 0.4) is 0 Å². The minimum Gasteiger partial charge on any atom is -0.462 e. The molecule has 2 heterocycles. The summed E-state index contributed by atoms with van der Waals surface area (Å²) in [5.74, 6) is -0.947. The van der Waals surface area contributed by atoms with Gasteiger partial charge in [-0.1, -0.05) is 123 Å². The van der Waals surface area contributed by atoms with E-state index in [1.807, 2.05) is 6.92 Å². The van der Waals surface area contributed by atoms with Crippen LogP contribution in [0.15, 0.2) is 0 Å². The number of unbranched alkanes of at least 4 members (excludes halogenated alkanes) is 17. The van der Waals surface area contributed by atoms with Gasteiger partial charge in [0.1, 0.15) is 55.4 Å². The fourth-order valence-electron chi connectivity index (χ4n) is 6.74. The van der Waals surface area contributed by atoms with Gasteiger partial charge in [0.15, 0.2) is 18.7 Å². The number of carbonyl (C=O) groups excluding carboxylic acids is 2. The second-order valence-electron chi connectivity index (χ2n) is 15.2. The third-order valence-corrected chi connectivity index (χ3v) is 10.3. The first-order valence-corrected chi connectivity index (χ1v) is 21.1. The van der Waals surface area contributed by atoms with Gasteiger partial charge in [-0.3, -0.25) is 9.59 Å². The molecule has 0 aromatic heterocycles. The monoisotopic (exact) mass is 795 g/mol. The van der Waals surface area contributed by atoms with Gasteiger partial charge in [-0.2, -0.15) is 0 Å². The van der Waals surface area contributed by atoms with Gasteiger partial charge in [0.05, 0.1) is 19.8 Å². The molecule has 0 radical (unpaired) electrons. The number of hydrogen-bond donors (Lipinski definition) is 7. The molecule has 0 amide bonds. The van der Waals surface area contributed by atoms with Crippen LogP contribution in [0.2, 0.25) is 0 Å². The van der Waals surface area contributed by atoms with Crippen LogP contribution in [0, 0.1) is 0 Å². The van der Waals surface area contributed by atoms with E-state index in [2.05, 4.69) is 6.92 Å². The summed E-state index contributed by atoms with van der Waals surface area (Å²) in [4.78, 5) is 25.1. The van der Waals surface area contributed by atoms with Crippen LogP contribution in [0.25, 0.3) is 0 Å². The summed E-state index contributed by atoms with van der Waals surface area (Å²) >= 11 is 0. The van der Waals surface area contributed by atoms with Gasteiger partial charge in [-0.05, 0) is 12.8 Å². The summed E-state index contributed by atoms with van der Waals surface area (Å²) in [5.41, 5.74) is 0. The van der Waals surface area contributed by atoms with Gasteiger partial charge in [-0.25, -0.2) is 0 Å². The predicted molar refractivity (Wildman–Crippen MR) is 201 cm³/mol. The second-order valence-corrected chi connectivity index (χ2v) is 15.2. The Balaban J connectivity index is 1.78. The van der Waals surface area contributed by atoms with Gasteiger partial charge < -0.3 is 64.2 Å². The maximum Gasteiger partial charge on any atom is 0.306 e. The standard InChI is InChI=1S/C40H74O15/c1-3-5-7-8-9-10-11-12-13-14-15-16-17-18-19-21-23-32(43)53-28(25-50-31(42)22-20-6-4-2)26-51-39-38(49)36(47)34(45)30(55-39)27-52-40-37(48)35(46)33(44)29(24-41)54-40/h28-30,33-41,44-49H,3-27H2,1-2H3. The molecule has 2 rings (SSSR count). The Bertz CT molecular complexity index is 986. The van der Waals surface area contributed by atoms with Crippen LogP contribution in [0.1, 0.15) is 149 Å². The van der Waals surface area contributed by atoms with Gasteiger partial charge in [0, 0.05) is 12.8 Å². The largest absolute Gasteiger partial charge is 0.462 e. The lowest BCUT2D eigenvalue weighted by Gasteiger charge is -2.42. The molecule has 2 aliphatic rings. The number of esters is 2. The highest BCUT2D eigenvalue weighted by Gasteiger charge is 2.47. The Kier molecular flexibility index (Phi) is 26.8. The molecule has 2 aliphatic heterocycles. The molecule has 15 heteroatoms. The second kappa shape index (κ2) is 29.7. The van der Waals surface area contributed by atoms with Crippen LogP contribution >= 0.6 is 0 Å². The highest BCUT2D eigenvalue weighted by molar-refractivity contribution is 5.70. The minimum atomic E-state index is -1.76. The van der Waals surface area contributed by atoms with Crippen molar-refractivity contribution in [3.8, 4) is 0 Å². The van der Waals surface area contributed by atoms with E-state index < -0.39 is 92.7 Å². The van der Waals surface area contributed by atoms with Crippen LogP contribution in [0.4, 0.5) is 0 Å². The quantitative estimate of drug-likeness (QED) is 0.0394. The summed E-state index contributed by atoms with van der Waals surface area (Å²) in [5, 5.41) is 71.4. The molecular weight excluding hydrogens is 720 g/mol. The van der Waals surface area contributed by atoms with Gasteiger partial charge in [-0.15, -0.1) is 0 Å². The molecule has 0 aliphatic carbocycles. The van der Waals surface area contributed by atoms with E-state index >= 15 is 0 Å². The van der Waals surface area contributed by atoms with Crippen LogP contribution in [0.5, 0.6) is 0 Å². The number of carbonyl (C=O) groups is 2. The molecule has 0 saturated carbocycles. The van der Waals surface area contributed by atoms with E-state index in [0.717, 1.165) is 32.1 Å². The fourth-order valence-corrected chi connectivity index (χ4v) is 6.74. The number of ether oxygens (including phenoxy) is 6. The third kappa shape index (κ3) is 19.7. The fraction of sp³-hybridized carbons (Fsp3) is 0.950. The molecular formula is C40H74O15. The molecule has 11 unspecified atom stereocenters. The molecule has 55 heavy (non-hydrogen) atoms. The van der Waals surface area contributed by atoms with E-state index in [-0.39, 0.29) is 26.1 Å². The van der Waals surface area contributed by atoms with E-state index in [1.165, 1.54) is 77.0 Å². The first-order chi connectivity index (χ1) is 26.5. The summed E-state index contributed by atoms with van der Waals surface area (Å²) in [6.07, 6.45) is 5.44. The van der Waals surface area contributed by atoms with Crippen LogP contribution < -0.4 is 0 Å². The maximum atomic E-state index is 12.8. The van der Waals surface area contributed by atoms with Crippen molar-refractivity contribution < 1.29 is 73.8 Å². The van der Waals surface area contributed by atoms with E-state index in [4.69, 9.17) is 28.4 Å². The normalized spacial score (nSPS) is 28.9. The zero-order valence-electron chi connectivity index (χ0n) is 33.4. The zero-order valence-corrected chi connectivity index (χ0v) is 33.4. The topological polar surface area (TPSA) is 231 Å². The van der Waals surface area contributed by atoms with Crippen molar-refractivity contribution in [3.05, 3.63) is 0 Å². The molecule has 2 saturated heterocycles. The Morgan fingerprint density at radius 3 is 1.45 bits per heavy atom. The number of aliphatic hydroxyl groups excluding tert-OH is 7. The third-order valence-electron chi connectivity index (χ3n) is 10.3. The number of rotatable bonds is 31. The van der Waals surface area contributed by atoms with Gasteiger partial charge in [0.25, 0.3) is 0 Å². The average molecular weight is 795 g/mol. The number of hydrogen-bond acceptors (Lipinski definition) is 15. The molecule has 0 spiro atoms. The lowest BCUT2D eigenvalue weighted by molar-refractivity contribution is -0.332. The summed E-state index contributed by atoms with van der Waals surface area (Å²) in [6.45, 7) is 2.38. The summed E-state index contributed by atoms with van der Waals surface area (Å²) in [6, 6.07) is 0. The average Bonchev–Trinajstić information content (AvgIpc) is 3.17. The smallest absolute Gasteiger partial charge is 0.306 e. The van der Waals surface area contributed by atoms with Crippen molar-refractivity contribution >= 4 is 11.9 Å². The maximum absolute atomic E-state index is 12.8. The molecule has 0 bridgehead atoms. The molecule has 15 nitrogen and oxygen atoms in total. The molecule has 11 atom stereocenters. The Morgan fingerprint density at radius 1 is 0.509 bits per heavy atom. The molecule has 2 fully saturated rings. The SMILES string of the molecule is CCCCCCCCCCCCCCCCCCC(=O)OC(COC(=O)CCCCC)COC1OC(COC2OC(CO)C(O)C(O)C2O)C(O)C(O)C1O. The van der Waals surface area contributed by atoms with Crippen molar-refractivity contribution in [1.82, 2.24) is 0 Å². The first-order valence-electron chi connectivity index (χ1n) is 21.1. The lowest BCUT2D eigenvalue weighted by Crippen LogP contribution is -2.61. The predicted octanol–water partition coefficient (Wildman–Crippen LogP) is 3.31.